The summed E-state index contributed by atoms with van der Waals surface area (Å²) in [4.78, 5) is 24.8. The molecule has 0 fully saturated rings. The Kier molecular flexibility index (Phi) is 8.91. The molecule has 0 radical (unpaired) electrons. The molecule has 0 aliphatic rings. The standard InChI is InChI=1S/C18H23N2O4.BrH/c1-3-4-12-23-17(21)16(20-11-10-19(2)14-20)18(22)24-13-15-8-6-5-7-9-15;/h5-11,14,16H,3-4,12-13H2,1-2H3;1H/q+1;/p-1. The fourth-order valence-electron chi connectivity index (χ4n) is 2.17. The van der Waals surface area contributed by atoms with Crippen LogP contribution >= 0.6 is 0 Å². The Hall–Kier alpha value is -2.15. The molecule has 0 aliphatic heterocycles. The van der Waals surface area contributed by atoms with Crippen molar-refractivity contribution in [3.63, 3.8) is 0 Å². The smallest absolute Gasteiger partial charge is 0.364 e. The van der Waals surface area contributed by atoms with Crippen molar-refractivity contribution in [2.45, 2.75) is 32.4 Å². The molecule has 0 bridgehead atoms. The Morgan fingerprint density at radius 3 is 2.44 bits per heavy atom. The molecule has 1 unspecified atom stereocenters. The number of carbonyl (C=O) groups excluding carboxylic acids is 2. The van der Waals surface area contributed by atoms with E-state index in [0.29, 0.717) is 6.61 Å². The van der Waals surface area contributed by atoms with Crippen LogP contribution in [0.2, 0.25) is 0 Å². The number of benzene rings is 1. The quantitative estimate of drug-likeness (QED) is 0.241. The van der Waals surface area contributed by atoms with Crippen LogP contribution in [0.3, 0.4) is 0 Å². The van der Waals surface area contributed by atoms with E-state index in [0.717, 1.165) is 18.4 Å². The molecule has 25 heavy (non-hydrogen) atoms. The van der Waals surface area contributed by atoms with Gasteiger partial charge >= 0.3 is 11.9 Å². The third-order valence-corrected chi connectivity index (χ3v) is 3.50. The van der Waals surface area contributed by atoms with Crippen molar-refractivity contribution < 1.29 is 40.6 Å². The van der Waals surface area contributed by atoms with Gasteiger partial charge in [-0.2, -0.15) is 0 Å². The number of aryl methyl sites for hydroxylation is 1. The van der Waals surface area contributed by atoms with Crippen LogP contribution in [0, 0.1) is 0 Å². The van der Waals surface area contributed by atoms with E-state index < -0.39 is 18.0 Å². The predicted octanol–water partition coefficient (Wildman–Crippen LogP) is -1.06. The molecule has 136 valence electrons. The van der Waals surface area contributed by atoms with Crippen LogP contribution < -0.4 is 21.5 Å². The molecule has 0 amide bonds. The van der Waals surface area contributed by atoms with Gasteiger partial charge in [-0.25, -0.2) is 18.7 Å². The lowest BCUT2D eigenvalue weighted by atomic mass is 10.2. The van der Waals surface area contributed by atoms with E-state index in [4.69, 9.17) is 9.47 Å². The van der Waals surface area contributed by atoms with Gasteiger partial charge in [0, 0.05) is 0 Å². The van der Waals surface area contributed by atoms with Gasteiger partial charge in [0.2, 0.25) is 6.33 Å². The molecule has 1 heterocycles. The molecule has 0 saturated carbocycles. The highest BCUT2D eigenvalue weighted by Gasteiger charge is 2.36. The Balaban J connectivity index is 0.00000312. The number of hydrogen-bond acceptors (Lipinski definition) is 4. The summed E-state index contributed by atoms with van der Waals surface area (Å²) in [6.45, 7) is 2.42. The van der Waals surface area contributed by atoms with Crippen molar-refractivity contribution >= 4 is 11.9 Å². The molecule has 6 nitrogen and oxygen atoms in total. The minimum atomic E-state index is -1.13. The number of imidazole rings is 1. The first-order chi connectivity index (χ1) is 11.6. The van der Waals surface area contributed by atoms with E-state index in [2.05, 4.69) is 0 Å². The molecule has 0 saturated heterocycles. The molecular formula is C18H23BrN2O4. The first-order valence-corrected chi connectivity index (χ1v) is 8.01. The minimum Gasteiger partial charge on any atom is -1.00 e. The highest BCUT2D eigenvalue weighted by atomic mass is 79.9. The Bertz CT molecular complexity index is 673. The maximum Gasteiger partial charge on any atom is 0.364 e. The van der Waals surface area contributed by atoms with Crippen LogP contribution in [-0.2, 0) is 32.7 Å². The van der Waals surface area contributed by atoms with Crippen molar-refractivity contribution in [3.05, 3.63) is 54.6 Å². The second-order valence-electron chi connectivity index (χ2n) is 5.54. The number of unbranched alkanes of at least 4 members (excludes halogenated alkanes) is 1. The number of hydrogen-bond donors (Lipinski definition) is 0. The summed E-state index contributed by atoms with van der Waals surface area (Å²) in [7, 11) is 1.81. The second-order valence-corrected chi connectivity index (χ2v) is 5.54. The van der Waals surface area contributed by atoms with Crippen molar-refractivity contribution in [1.82, 2.24) is 4.57 Å². The Morgan fingerprint density at radius 2 is 1.84 bits per heavy atom. The number of esters is 2. The van der Waals surface area contributed by atoms with Crippen LogP contribution in [-0.4, -0.2) is 23.1 Å². The topological polar surface area (TPSA) is 61.4 Å². The summed E-state index contributed by atoms with van der Waals surface area (Å²) >= 11 is 0. The summed E-state index contributed by atoms with van der Waals surface area (Å²) in [6.07, 6.45) is 6.72. The average Bonchev–Trinajstić information content (AvgIpc) is 3.00. The zero-order chi connectivity index (χ0) is 17.4. The number of carbonyl (C=O) groups is 2. The third kappa shape index (κ3) is 6.34. The van der Waals surface area contributed by atoms with Crippen molar-refractivity contribution in [2.75, 3.05) is 6.61 Å². The van der Waals surface area contributed by atoms with E-state index in [9.17, 15) is 9.59 Å². The van der Waals surface area contributed by atoms with Crippen LogP contribution in [0.15, 0.2) is 49.1 Å². The van der Waals surface area contributed by atoms with E-state index in [1.54, 1.807) is 23.3 Å². The lowest BCUT2D eigenvalue weighted by Gasteiger charge is -2.13. The van der Waals surface area contributed by atoms with Crippen molar-refractivity contribution in [1.29, 1.82) is 0 Å². The van der Waals surface area contributed by atoms with E-state index in [-0.39, 0.29) is 23.6 Å². The second kappa shape index (κ2) is 10.7. The Labute approximate surface area is 158 Å². The van der Waals surface area contributed by atoms with Gasteiger partial charge in [-0.05, 0) is 12.0 Å². The van der Waals surface area contributed by atoms with Gasteiger partial charge in [-0.3, -0.25) is 0 Å². The zero-order valence-electron chi connectivity index (χ0n) is 14.4. The largest absolute Gasteiger partial charge is 1.00 e. The van der Waals surface area contributed by atoms with Crippen molar-refractivity contribution in [2.24, 2.45) is 7.05 Å². The molecular weight excluding hydrogens is 388 g/mol. The molecule has 7 heteroatoms. The molecule has 1 aromatic carbocycles. The maximum atomic E-state index is 12.4. The summed E-state index contributed by atoms with van der Waals surface area (Å²) in [5.74, 6) is -1.23. The number of rotatable bonds is 8. The number of ether oxygens (including phenoxy) is 2. The zero-order valence-corrected chi connectivity index (χ0v) is 16.0. The summed E-state index contributed by atoms with van der Waals surface area (Å²) in [5, 5.41) is 0. The van der Waals surface area contributed by atoms with Crippen LogP contribution in [0.1, 0.15) is 31.4 Å². The molecule has 0 aliphatic carbocycles. The Morgan fingerprint density at radius 1 is 1.16 bits per heavy atom. The van der Waals surface area contributed by atoms with Crippen LogP contribution in [0.25, 0.3) is 0 Å². The molecule has 1 atom stereocenters. The molecule has 0 N–H and O–H groups in total. The van der Waals surface area contributed by atoms with Gasteiger partial charge in [0.15, 0.2) is 0 Å². The molecule has 1 aromatic heterocycles. The van der Waals surface area contributed by atoms with Gasteiger partial charge in [0.05, 0.1) is 13.7 Å². The SMILES string of the molecule is CCCCOC(=O)C(C(=O)OCc1ccccc1)n1cc[n+](C)c1.[Br-]. The first-order valence-electron chi connectivity index (χ1n) is 8.01. The van der Waals surface area contributed by atoms with E-state index in [1.807, 2.05) is 44.3 Å². The lowest BCUT2D eigenvalue weighted by molar-refractivity contribution is -0.671. The number of nitrogens with zero attached hydrogens (tertiary/aromatic N) is 2. The molecule has 0 spiro atoms. The van der Waals surface area contributed by atoms with Gasteiger partial charge in [0.1, 0.15) is 19.0 Å². The van der Waals surface area contributed by atoms with Crippen molar-refractivity contribution in [3.8, 4) is 0 Å². The number of halogens is 1. The number of aromatic nitrogens is 2. The summed E-state index contributed by atoms with van der Waals surface area (Å²) in [6, 6.07) is 8.21. The maximum absolute atomic E-state index is 12.4. The molecule has 2 rings (SSSR count). The normalized spacial score (nSPS) is 11.3. The lowest BCUT2D eigenvalue weighted by Crippen LogP contribution is -3.00. The van der Waals surface area contributed by atoms with Crippen LogP contribution in [0.4, 0.5) is 0 Å². The highest BCUT2D eigenvalue weighted by molar-refractivity contribution is 5.97. The summed E-state index contributed by atoms with van der Waals surface area (Å²) in [5.41, 5.74) is 0.863. The van der Waals surface area contributed by atoms with Gasteiger partial charge in [-0.15, -0.1) is 0 Å². The van der Waals surface area contributed by atoms with Gasteiger partial charge in [-0.1, -0.05) is 43.7 Å². The van der Waals surface area contributed by atoms with E-state index in [1.165, 1.54) is 4.57 Å². The van der Waals surface area contributed by atoms with Gasteiger partial charge < -0.3 is 26.5 Å². The fraction of sp³-hybridized carbons (Fsp3) is 0.389. The minimum absolute atomic E-state index is 0. The predicted molar refractivity (Wildman–Crippen MR) is 86.8 cm³/mol. The van der Waals surface area contributed by atoms with Crippen LogP contribution in [0.5, 0.6) is 0 Å². The third-order valence-electron chi connectivity index (χ3n) is 3.50. The van der Waals surface area contributed by atoms with E-state index >= 15 is 0 Å². The average molecular weight is 411 g/mol. The fourth-order valence-corrected chi connectivity index (χ4v) is 2.17. The van der Waals surface area contributed by atoms with Gasteiger partial charge in [0.25, 0.3) is 6.04 Å². The monoisotopic (exact) mass is 410 g/mol. The molecule has 2 aromatic rings. The summed E-state index contributed by atoms with van der Waals surface area (Å²) < 4.78 is 13.8. The first kappa shape index (κ1) is 20.9. The highest BCUT2D eigenvalue weighted by Crippen LogP contribution is 2.13.